The number of amides is 2. The van der Waals surface area contributed by atoms with E-state index in [4.69, 9.17) is 10.5 Å². The average Bonchev–Trinajstić information content (AvgIpc) is 2.11. The fourth-order valence-corrected chi connectivity index (χ4v) is 1.15. The maximum Gasteiger partial charge on any atom is 0.255 e. The van der Waals surface area contributed by atoms with Gasteiger partial charge in [-0.3, -0.25) is 14.5 Å². The average molecular weight is 200 g/mol. The molecule has 2 N–H and O–H groups in total. The third-order valence-electron chi connectivity index (χ3n) is 2.30. The molecule has 0 bridgehead atoms. The highest BCUT2D eigenvalue weighted by Crippen LogP contribution is 2.05. The van der Waals surface area contributed by atoms with E-state index < -0.39 is 0 Å². The van der Waals surface area contributed by atoms with Crippen molar-refractivity contribution in [1.29, 1.82) is 0 Å². The van der Waals surface area contributed by atoms with Gasteiger partial charge in [-0.2, -0.15) is 0 Å². The van der Waals surface area contributed by atoms with Gasteiger partial charge >= 0.3 is 0 Å². The zero-order chi connectivity index (χ0) is 10.7. The SMILES string of the molecule is CC(C)C(N)CN1C(=O)COCC1=O. The number of ether oxygens (including phenoxy) is 1. The lowest BCUT2D eigenvalue weighted by Gasteiger charge is -2.28. The normalized spacial score (nSPS) is 20.4. The number of rotatable bonds is 3. The smallest absolute Gasteiger partial charge is 0.255 e. The monoisotopic (exact) mass is 200 g/mol. The van der Waals surface area contributed by atoms with Crippen LogP contribution >= 0.6 is 0 Å². The minimum absolute atomic E-state index is 0.0173. The predicted octanol–water partition coefficient (Wildman–Crippen LogP) is -0.645. The summed E-state index contributed by atoms with van der Waals surface area (Å²) in [4.78, 5) is 23.8. The Labute approximate surface area is 83.2 Å². The van der Waals surface area contributed by atoms with E-state index in [-0.39, 0.29) is 37.0 Å². The third kappa shape index (κ3) is 2.52. The van der Waals surface area contributed by atoms with Crippen LogP contribution in [0.2, 0.25) is 0 Å². The molecule has 1 heterocycles. The van der Waals surface area contributed by atoms with Crippen LogP contribution in [0.5, 0.6) is 0 Å². The summed E-state index contributed by atoms with van der Waals surface area (Å²) >= 11 is 0. The molecular weight excluding hydrogens is 184 g/mol. The first kappa shape index (κ1) is 11.1. The molecule has 1 rings (SSSR count). The van der Waals surface area contributed by atoms with Gasteiger partial charge in [-0.15, -0.1) is 0 Å². The first-order chi connectivity index (χ1) is 6.52. The molecule has 0 radical (unpaired) electrons. The first-order valence-corrected chi connectivity index (χ1v) is 4.69. The van der Waals surface area contributed by atoms with Gasteiger partial charge in [-0.05, 0) is 5.92 Å². The van der Waals surface area contributed by atoms with Gasteiger partial charge in [0.1, 0.15) is 13.2 Å². The van der Waals surface area contributed by atoms with E-state index in [1.807, 2.05) is 13.8 Å². The fraction of sp³-hybridized carbons (Fsp3) is 0.778. The Bertz CT molecular complexity index is 224. The van der Waals surface area contributed by atoms with Crippen LogP contribution in [0.25, 0.3) is 0 Å². The lowest BCUT2D eigenvalue weighted by Crippen LogP contribution is -2.51. The number of morpholine rings is 1. The quantitative estimate of drug-likeness (QED) is 0.615. The topological polar surface area (TPSA) is 72.6 Å². The lowest BCUT2D eigenvalue weighted by atomic mass is 10.0. The molecule has 1 atom stereocenters. The van der Waals surface area contributed by atoms with Crippen LogP contribution < -0.4 is 5.73 Å². The van der Waals surface area contributed by atoms with Crippen molar-refractivity contribution in [2.75, 3.05) is 19.8 Å². The molecule has 1 fully saturated rings. The van der Waals surface area contributed by atoms with Crippen LogP contribution in [-0.2, 0) is 14.3 Å². The molecule has 5 heteroatoms. The van der Waals surface area contributed by atoms with Gasteiger partial charge in [-0.25, -0.2) is 0 Å². The molecule has 14 heavy (non-hydrogen) atoms. The summed E-state index contributed by atoms with van der Waals surface area (Å²) in [5.74, 6) is -0.340. The molecule has 1 aliphatic heterocycles. The van der Waals surface area contributed by atoms with Crippen LogP contribution in [-0.4, -0.2) is 42.5 Å². The molecule has 0 aromatic heterocycles. The van der Waals surface area contributed by atoms with Crippen molar-refractivity contribution in [2.24, 2.45) is 11.7 Å². The lowest BCUT2D eigenvalue weighted by molar-refractivity contribution is -0.158. The van der Waals surface area contributed by atoms with Crippen LogP contribution in [0.15, 0.2) is 0 Å². The number of hydrogen-bond donors (Lipinski definition) is 1. The van der Waals surface area contributed by atoms with E-state index in [1.54, 1.807) is 0 Å². The minimum Gasteiger partial charge on any atom is -0.362 e. The molecule has 0 aromatic rings. The van der Waals surface area contributed by atoms with Crippen molar-refractivity contribution in [3.63, 3.8) is 0 Å². The number of hydrogen-bond acceptors (Lipinski definition) is 4. The Balaban J connectivity index is 2.56. The highest BCUT2D eigenvalue weighted by Gasteiger charge is 2.28. The van der Waals surface area contributed by atoms with Crippen LogP contribution in [0, 0.1) is 5.92 Å². The summed E-state index contributed by atoms with van der Waals surface area (Å²) in [5, 5.41) is 0. The van der Waals surface area contributed by atoms with Gasteiger partial charge in [0.2, 0.25) is 0 Å². The van der Waals surface area contributed by atoms with Gasteiger partial charge < -0.3 is 10.5 Å². The molecule has 80 valence electrons. The highest BCUT2D eigenvalue weighted by molar-refractivity contribution is 5.98. The van der Waals surface area contributed by atoms with Crippen molar-refractivity contribution in [2.45, 2.75) is 19.9 Å². The van der Waals surface area contributed by atoms with E-state index in [0.29, 0.717) is 6.54 Å². The zero-order valence-corrected chi connectivity index (χ0v) is 8.53. The minimum atomic E-state index is -0.294. The third-order valence-corrected chi connectivity index (χ3v) is 2.30. The number of nitrogens with zero attached hydrogens (tertiary/aromatic N) is 1. The number of nitrogens with two attached hydrogens (primary N) is 1. The second kappa shape index (κ2) is 4.52. The summed E-state index contributed by atoms with van der Waals surface area (Å²) in [6.07, 6.45) is 0. The van der Waals surface area contributed by atoms with Gasteiger partial charge in [0.25, 0.3) is 11.8 Å². The largest absolute Gasteiger partial charge is 0.362 e. The summed E-state index contributed by atoms with van der Waals surface area (Å²) in [7, 11) is 0. The van der Waals surface area contributed by atoms with E-state index in [0.717, 1.165) is 0 Å². The van der Waals surface area contributed by atoms with Gasteiger partial charge in [0.05, 0.1) is 0 Å². The van der Waals surface area contributed by atoms with Gasteiger partial charge in [-0.1, -0.05) is 13.8 Å². The molecular formula is C9H16N2O3. The predicted molar refractivity (Wildman–Crippen MR) is 50.4 cm³/mol. The Kier molecular flexibility index (Phi) is 3.60. The van der Waals surface area contributed by atoms with Crippen molar-refractivity contribution in [3.8, 4) is 0 Å². The van der Waals surface area contributed by atoms with E-state index in [2.05, 4.69) is 0 Å². The second-order valence-electron chi connectivity index (χ2n) is 3.80. The molecule has 0 saturated carbocycles. The number of imide groups is 1. The second-order valence-corrected chi connectivity index (χ2v) is 3.80. The Morgan fingerprint density at radius 2 is 1.86 bits per heavy atom. The maximum atomic E-state index is 11.3. The van der Waals surface area contributed by atoms with Crippen molar-refractivity contribution in [3.05, 3.63) is 0 Å². The molecule has 1 aliphatic rings. The molecule has 0 aromatic carbocycles. The molecule has 5 nitrogen and oxygen atoms in total. The van der Waals surface area contributed by atoms with Gasteiger partial charge in [0, 0.05) is 12.6 Å². The summed E-state index contributed by atoms with van der Waals surface area (Å²) in [6.45, 7) is 4.17. The Morgan fingerprint density at radius 1 is 1.36 bits per heavy atom. The Hall–Kier alpha value is -0.940. The Morgan fingerprint density at radius 3 is 2.29 bits per heavy atom. The standard InChI is InChI=1S/C9H16N2O3/c1-6(2)7(10)3-11-8(12)4-14-5-9(11)13/h6-7H,3-5,10H2,1-2H3. The molecule has 1 saturated heterocycles. The van der Waals surface area contributed by atoms with Crippen LogP contribution in [0.3, 0.4) is 0 Å². The highest BCUT2D eigenvalue weighted by atomic mass is 16.5. The van der Waals surface area contributed by atoms with Gasteiger partial charge in [0.15, 0.2) is 0 Å². The molecule has 1 unspecified atom stereocenters. The van der Waals surface area contributed by atoms with E-state index in [1.165, 1.54) is 4.90 Å². The number of carbonyl (C=O) groups excluding carboxylic acids is 2. The van der Waals surface area contributed by atoms with Crippen molar-refractivity contribution >= 4 is 11.8 Å². The summed E-state index contributed by atoms with van der Waals surface area (Å²) < 4.78 is 4.78. The van der Waals surface area contributed by atoms with E-state index in [9.17, 15) is 9.59 Å². The molecule has 0 aliphatic carbocycles. The maximum absolute atomic E-state index is 11.3. The zero-order valence-electron chi connectivity index (χ0n) is 8.53. The molecule has 2 amide bonds. The summed E-state index contributed by atoms with van der Waals surface area (Å²) in [6, 6.07) is -0.166. The molecule has 0 spiro atoms. The summed E-state index contributed by atoms with van der Waals surface area (Å²) in [5.41, 5.74) is 5.78. The van der Waals surface area contributed by atoms with Crippen molar-refractivity contribution in [1.82, 2.24) is 4.90 Å². The van der Waals surface area contributed by atoms with E-state index >= 15 is 0 Å². The first-order valence-electron chi connectivity index (χ1n) is 4.69. The van der Waals surface area contributed by atoms with Crippen LogP contribution in [0.4, 0.5) is 0 Å². The fourth-order valence-electron chi connectivity index (χ4n) is 1.15. The van der Waals surface area contributed by atoms with Crippen LogP contribution in [0.1, 0.15) is 13.8 Å². The number of carbonyl (C=O) groups is 2. The van der Waals surface area contributed by atoms with Crippen molar-refractivity contribution < 1.29 is 14.3 Å².